The van der Waals surface area contributed by atoms with Gasteiger partial charge in [-0.2, -0.15) is 5.10 Å². The molecule has 0 aliphatic heterocycles. The Morgan fingerprint density at radius 3 is 2.62 bits per heavy atom. The number of H-pyrrole nitrogens is 1. The maximum Gasteiger partial charge on any atom is 0.337 e. The zero-order valence-electron chi connectivity index (χ0n) is 14.4. The first-order valence-corrected chi connectivity index (χ1v) is 8.23. The van der Waals surface area contributed by atoms with Gasteiger partial charge in [-0.05, 0) is 29.8 Å². The van der Waals surface area contributed by atoms with Crippen LogP contribution in [0.4, 0.5) is 5.69 Å². The van der Waals surface area contributed by atoms with Crippen molar-refractivity contribution >= 4 is 17.6 Å². The summed E-state index contributed by atoms with van der Waals surface area (Å²) in [4.78, 5) is 22.8. The third-order valence-corrected chi connectivity index (χ3v) is 4.51. The van der Waals surface area contributed by atoms with E-state index in [4.69, 9.17) is 4.74 Å². The quantitative estimate of drug-likeness (QED) is 0.556. The number of benzene rings is 2. The third-order valence-electron chi connectivity index (χ3n) is 4.51. The number of carbonyl (C=O) groups is 2. The molecule has 1 heterocycles. The van der Waals surface area contributed by atoms with Crippen LogP contribution in [0.2, 0.25) is 0 Å². The predicted molar refractivity (Wildman–Crippen MR) is 97.9 cm³/mol. The molecule has 2 N–H and O–H groups in total. The lowest BCUT2D eigenvalue weighted by Gasteiger charge is -2.05. The molecule has 1 amide bonds. The molecule has 0 fully saturated rings. The van der Waals surface area contributed by atoms with Crippen molar-refractivity contribution in [3.63, 3.8) is 0 Å². The molecular weight excluding hydrogens is 330 g/mol. The first kappa shape index (κ1) is 16.1. The number of carbonyl (C=O) groups excluding carboxylic acids is 2. The number of fused-ring (bicyclic) bond motifs is 3. The average Bonchev–Trinajstić information content (AvgIpc) is 3.19. The monoisotopic (exact) mass is 347 g/mol. The van der Waals surface area contributed by atoms with E-state index in [1.807, 2.05) is 30.3 Å². The second-order valence-electron chi connectivity index (χ2n) is 6.22. The summed E-state index contributed by atoms with van der Waals surface area (Å²) in [7, 11) is 1.36. The van der Waals surface area contributed by atoms with E-state index in [2.05, 4.69) is 15.5 Å². The Bertz CT molecular complexity index is 1020. The summed E-state index contributed by atoms with van der Waals surface area (Å²) >= 11 is 0. The summed E-state index contributed by atoms with van der Waals surface area (Å²) in [5.41, 5.74) is 7.46. The van der Waals surface area contributed by atoms with Crippen LogP contribution >= 0.6 is 0 Å². The Morgan fingerprint density at radius 2 is 1.92 bits per heavy atom. The molecule has 3 aromatic rings. The number of methoxy groups -OCH3 is 1. The number of anilines is 1. The standard InChI is InChI=1S/C20H17N3O3/c1-11(24)21-15-7-8-16-14(9-15)10-17-18(22-23-19(16)17)12-3-5-13(6-4-12)20(25)26-2/h3-9H,10H2,1-2H3,(H,21,24)(H,22,23). The number of ether oxygens (including phenoxy) is 1. The normalized spacial score (nSPS) is 11.6. The fourth-order valence-corrected chi connectivity index (χ4v) is 3.34. The number of esters is 1. The third kappa shape index (κ3) is 2.65. The van der Waals surface area contributed by atoms with Crippen molar-refractivity contribution in [2.45, 2.75) is 13.3 Å². The SMILES string of the molecule is COC(=O)c1ccc(-c2n[nH]c3c2Cc2cc(NC(C)=O)ccc2-3)cc1. The summed E-state index contributed by atoms with van der Waals surface area (Å²) in [6.45, 7) is 1.50. The molecule has 0 bridgehead atoms. The molecule has 1 aliphatic rings. The lowest BCUT2D eigenvalue weighted by Crippen LogP contribution is -2.05. The van der Waals surface area contributed by atoms with Crippen molar-refractivity contribution in [3.8, 4) is 22.5 Å². The summed E-state index contributed by atoms with van der Waals surface area (Å²) in [6, 6.07) is 13.1. The summed E-state index contributed by atoms with van der Waals surface area (Å²) in [5, 5.41) is 10.4. The van der Waals surface area contributed by atoms with Crippen molar-refractivity contribution in [1.82, 2.24) is 10.2 Å². The first-order valence-electron chi connectivity index (χ1n) is 8.23. The van der Waals surface area contributed by atoms with Crippen molar-refractivity contribution in [3.05, 3.63) is 59.2 Å². The number of aromatic nitrogens is 2. The van der Waals surface area contributed by atoms with E-state index >= 15 is 0 Å². The van der Waals surface area contributed by atoms with Gasteiger partial charge in [-0.3, -0.25) is 9.89 Å². The van der Waals surface area contributed by atoms with E-state index in [0.717, 1.165) is 45.7 Å². The molecule has 1 aromatic heterocycles. The van der Waals surface area contributed by atoms with Crippen LogP contribution in [-0.2, 0) is 16.0 Å². The largest absolute Gasteiger partial charge is 0.465 e. The number of rotatable bonds is 3. The Hall–Kier alpha value is -3.41. The zero-order chi connectivity index (χ0) is 18.3. The molecule has 0 saturated carbocycles. The van der Waals surface area contributed by atoms with Gasteiger partial charge in [0.15, 0.2) is 0 Å². The number of hydrogen-bond donors (Lipinski definition) is 2. The molecular formula is C20H17N3O3. The summed E-state index contributed by atoms with van der Waals surface area (Å²) < 4.78 is 4.73. The molecule has 6 nitrogen and oxygen atoms in total. The maximum absolute atomic E-state index is 11.6. The van der Waals surface area contributed by atoms with Crippen LogP contribution in [0.15, 0.2) is 42.5 Å². The van der Waals surface area contributed by atoms with Crippen LogP contribution in [0.1, 0.15) is 28.4 Å². The van der Waals surface area contributed by atoms with Crippen LogP contribution in [0, 0.1) is 0 Å². The fraction of sp³-hybridized carbons (Fsp3) is 0.150. The smallest absolute Gasteiger partial charge is 0.337 e. The molecule has 2 aromatic carbocycles. The maximum atomic E-state index is 11.6. The molecule has 4 rings (SSSR count). The Labute approximate surface area is 150 Å². The van der Waals surface area contributed by atoms with Gasteiger partial charge in [-0.1, -0.05) is 18.2 Å². The highest BCUT2D eigenvalue weighted by Crippen LogP contribution is 2.41. The van der Waals surface area contributed by atoms with Crippen LogP contribution in [0.3, 0.4) is 0 Å². The predicted octanol–water partition coefficient (Wildman–Crippen LogP) is 3.39. The lowest BCUT2D eigenvalue weighted by molar-refractivity contribution is -0.114. The van der Waals surface area contributed by atoms with Gasteiger partial charge in [0.1, 0.15) is 0 Å². The van der Waals surface area contributed by atoms with E-state index in [-0.39, 0.29) is 11.9 Å². The van der Waals surface area contributed by atoms with Crippen LogP contribution in [0.5, 0.6) is 0 Å². The molecule has 1 aliphatic carbocycles. The van der Waals surface area contributed by atoms with Gasteiger partial charge in [0.05, 0.1) is 24.1 Å². The van der Waals surface area contributed by atoms with Crippen LogP contribution < -0.4 is 5.32 Å². The average molecular weight is 347 g/mol. The molecule has 130 valence electrons. The second-order valence-corrected chi connectivity index (χ2v) is 6.22. The van der Waals surface area contributed by atoms with Gasteiger partial charge in [0.2, 0.25) is 5.91 Å². The molecule has 0 radical (unpaired) electrons. The van der Waals surface area contributed by atoms with E-state index < -0.39 is 0 Å². The molecule has 0 spiro atoms. The number of hydrogen-bond acceptors (Lipinski definition) is 4. The summed E-state index contributed by atoms with van der Waals surface area (Å²) in [6.07, 6.45) is 0.739. The Morgan fingerprint density at radius 1 is 1.15 bits per heavy atom. The number of amides is 1. The van der Waals surface area contributed by atoms with E-state index in [1.165, 1.54) is 14.0 Å². The zero-order valence-corrected chi connectivity index (χ0v) is 14.4. The van der Waals surface area contributed by atoms with Gasteiger partial charge < -0.3 is 10.1 Å². The number of nitrogens with one attached hydrogen (secondary N) is 2. The Kier molecular flexibility index (Phi) is 3.80. The molecule has 0 saturated heterocycles. The highest BCUT2D eigenvalue weighted by atomic mass is 16.5. The minimum Gasteiger partial charge on any atom is -0.465 e. The highest BCUT2D eigenvalue weighted by Gasteiger charge is 2.25. The van der Waals surface area contributed by atoms with Crippen LogP contribution in [0.25, 0.3) is 22.5 Å². The number of nitrogens with zero attached hydrogens (tertiary/aromatic N) is 1. The van der Waals surface area contributed by atoms with Gasteiger partial charge in [0, 0.05) is 35.7 Å². The minimum atomic E-state index is -0.360. The van der Waals surface area contributed by atoms with E-state index in [1.54, 1.807) is 12.1 Å². The van der Waals surface area contributed by atoms with Gasteiger partial charge >= 0.3 is 5.97 Å². The number of aromatic amines is 1. The highest BCUT2D eigenvalue weighted by molar-refractivity contribution is 5.91. The second kappa shape index (κ2) is 6.15. The Balaban J connectivity index is 1.67. The van der Waals surface area contributed by atoms with Crippen molar-refractivity contribution < 1.29 is 14.3 Å². The van der Waals surface area contributed by atoms with Gasteiger partial charge in [-0.15, -0.1) is 0 Å². The molecule has 26 heavy (non-hydrogen) atoms. The van der Waals surface area contributed by atoms with E-state index in [9.17, 15) is 9.59 Å². The summed E-state index contributed by atoms with van der Waals surface area (Å²) in [5.74, 6) is -0.448. The van der Waals surface area contributed by atoms with Crippen molar-refractivity contribution in [1.29, 1.82) is 0 Å². The lowest BCUT2D eigenvalue weighted by atomic mass is 10.0. The van der Waals surface area contributed by atoms with E-state index in [0.29, 0.717) is 5.56 Å². The minimum absolute atomic E-state index is 0.0884. The molecule has 0 unspecified atom stereocenters. The van der Waals surface area contributed by atoms with Gasteiger partial charge in [-0.25, -0.2) is 4.79 Å². The van der Waals surface area contributed by atoms with Crippen LogP contribution in [-0.4, -0.2) is 29.2 Å². The first-order chi connectivity index (χ1) is 12.6. The molecule has 0 atom stereocenters. The van der Waals surface area contributed by atoms with Gasteiger partial charge in [0.25, 0.3) is 0 Å². The fourth-order valence-electron chi connectivity index (χ4n) is 3.34. The topological polar surface area (TPSA) is 84.1 Å². The van der Waals surface area contributed by atoms with Crippen molar-refractivity contribution in [2.24, 2.45) is 0 Å². The van der Waals surface area contributed by atoms with Crippen molar-refractivity contribution in [2.75, 3.05) is 12.4 Å². The molecule has 6 heteroatoms.